The summed E-state index contributed by atoms with van der Waals surface area (Å²) in [6.07, 6.45) is -1.03. The number of rotatable bonds is 6. The first-order chi connectivity index (χ1) is 11.8. The number of carbonyl (C=O) groups is 2. The maximum absolute atomic E-state index is 12.4. The molecule has 1 amide bonds. The molecule has 0 aliphatic rings. The molecule has 1 aromatic rings. The monoisotopic (exact) mass is 386 g/mol. The van der Waals surface area contributed by atoms with Gasteiger partial charge in [0.25, 0.3) is 5.91 Å². The van der Waals surface area contributed by atoms with E-state index in [4.69, 9.17) is 9.47 Å². The molecule has 1 N–H and O–H groups in total. The number of ether oxygens (including phenoxy) is 2. The molecule has 1 atom stereocenters. The van der Waals surface area contributed by atoms with E-state index in [2.05, 4.69) is 5.32 Å². The van der Waals surface area contributed by atoms with Crippen LogP contribution in [0.1, 0.15) is 38.1 Å². The fourth-order valence-corrected chi connectivity index (χ4v) is 3.03. The Hall–Kier alpha value is -2.13. The molecule has 0 aromatic heterocycles. The largest absolute Gasteiger partial charge is 0.495 e. The molecule has 1 rings (SSSR count). The van der Waals surface area contributed by atoms with Crippen molar-refractivity contribution in [2.45, 2.75) is 44.2 Å². The van der Waals surface area contributed by atoms with Gasteiger partial charge in [-0.25, -0.2) is 17.5 Å². The molecule has 0 bridgehead atoms. The van der Waals surface area contributed by atoms with Gasteiger partial charge in [0.15, 0.2) is 6.10 Å². The van der Waals surface area contributed by atoms with Crippen LogP contribution in [0.15, 0.2) is 23.1 Å². The Morgan fingerprint density at radius 3 is 2.23 bits per heavy atom. The summed E-state index contributed by atoms with van der Waals surface area (Å²) in [5, 5.41) is 2.71. The number of methoxy groups -OCH3 is 1. The molecule has 0 saturated carbocycles. The molecule has 9 heteroatoms. The number of benzene rings is 1. The molecule has 0 radical (unpaired) electrons. The third kappa shape index (κ3) is 5.43. The van der Waals surface area contributed by atoms with E-state index < -0.39 is 33.5 Å². The number of amides is 1. The first-order valence-electron chi connectivity index (χ1n) is 7.93. The van der Waals surface area contributed by atoms with Crippen molar-refractivity contribution in [1.29, 1.82) is 0 Å². The second-order valence-electron chi connectivity index (χ2n) is 6.94. The van der Waals surface area contributed by atoms with Crippen LogP contribution in [0.25, 0.3) is 0 Å². The van der Waals surface area contributed by atoms with Crippen LogP contribution in [0.2, 0.25) is 0 Å². The highest BCUT2D eigenvalue weighted by molar-refractivity contribution is 7.89. The lowest BCUT2D eigenvalue weighted by Crippen LogP contribution is -2.46. The molecule has 0 unspecified atom stereocenters. The molecule has 0 heterocycles. The second-order valence-corrected chi connectivity index (χ2v) is 9.06. The highest BCUT2D eigenvalue weighted by Crippen LogP contribution is 2.27. The summed E-state index contributed by atoms with van der Waals surface area (Å²) in [4.78, 5) is 24.2. The maximum atomic E-state index is 12.4. The highest BCUT2D eigenvalue weighted by Gasteiger charge is 2.26. The number of hydrogen-bond donors (Lipinski definition) is 1. The maximum Gasteiger partial charge on any atom is 0.338 e. The Kier molecular flexibility index (Phi) is 6.78. The van der Waals surface area contributed by atoms with Crippen LogP contribution in [0.5, 0.6) is 5.75 Å². The van der Waals surface area contributed by atoms with E-state index in [0.29, 0.717) is 0 Å². The average molecular weight is 386 g/mol. The lowest BCUT2D eigenvalue weighted by atomic mass is 10.1. The number of nitrogens with one attached hydrogen (secondary N) is 1. The smallest absolute Gasteiger partial charge is 0.338 e. The summed E-state index contributed by atoms with van der Waals surface area (Å²) < 4.78 is 36.0. The molecule has 8 nitrogen and oxygen atoms in total. The van der Waals surface area contributed by atoms with E-state index in [1.807, 2.05) is 0 Å². The van der Waals surface area contributed by atoms with Gasteiger partial charge in [0.2, 0.25) is 10.0 Å². The van der Waals surface area contributed by atoms with Gasteiger partial charge in [0.05, 0.1) is 12.7 Å². The normalized spacial score (nSPS) is 13.2. The molecule has 1 aromatic carbocycles. The molecule has 0 fully saturated rings. The molecule has 26 heavy (non-hydrogen) atoms. The fraction of sp³-hybridized carbons (Fsp3) is 0.529. The zero-order valence-corrected chi connectivity index (χ0v) is 16.9. The zero-order valence-electron chi connectivity index (χ0n) is 16.1. The van der Waals surface area contributed by atoms with Crippen molar-refractivity contribution >= 4 is 21.9 Å². The summed E-state index contributed by atoms with van der Waals surface area (Å²) >= 11 is 0. The van der Waals surface area contributed by atoms with E-state index in [-0.39, 0.29) is 16.2 Å². The third-order valence-electron chi connectivity index (χ3n) is 3.31. The molecule has 146 valence electrons. The summed E-state index contributed by atoms with van der Waals surface area (Å²) in [6.45, 7) is 6.86. The molecule has 0 aliphatic carbocycles. The van der Waals surface area contributed by atoms with Crippen LogP contribution in [-0.2, 0) is 19.6 Å². The van der Waals surface area contributed by atoms with Crippen molar-refractivity contribution in [2.24, 2.45) is 0 Å². The van der Waals surface area contributed by atoms with Crippen molar-refractivity contribution < 1.29 is 27.5 Å². The van der Waals surface area contributed by atoms with Gasteiger partial charge < -0.3 is 14.8 Å². The van der Waals surface area contributed by atoms with Crippen molar-refractivity contribution in [3.63, 3.8) is 0 Å². The number of carbonyl (C=O) groups excluding carboxylic acids is 2. The minimum atomic E-state index is -3.82. The number of nitrogens with zero attached hydrogens (tertiary/aromatic N) is 1. The van der Waals surface area contributed by atoms with E-state index in [0.717, 1.165) is 4.31 Å². The van der Waals surface area contributed by atoms with Gasteiger partial charge in [-0.1, -0.05) is 0 Å². The van der Waals surface area contributed by atoms with Crippen molar-refractivity contribution in [3.8, 4) is 5.75 Å². The summed E-state index contributed by atoms with van der Waals surface area (Å²) in [5.74, 6) is -1.14. The van der Waals surface area contributed by atoms with Crippen molar-refractivity contribution in [1.82, 2.24) is 9.62 Å². The van der Waals surface area contributed by atoms with Crippen LogP contribution >= 0.6 is 0 Å². The van der Waals surface area contributed by atoms with E-state index in [9.17, 15) is 18.0 Å². The van der Waals surface area contributed by atoms with Gasteiger partial charge in [0.1, 0.15) is 10.6 Å². The molecule has 0 saturated heterocycles. The number of sulfonamides is 1. The van der Waals surface area contributed by atoms with Crippen LogP contribution < -0.4 is 10.1 Å². The van der Waals surface area contributed by atoms with Gasteiger partial charge in [-0.05, 0) is 45.9 Å². The van der Waals surface area contributed by atoms with Crippen LogP contribution in [0, 0.1) is 0 Å². The van der Waals surface area contributed by atoms with Crippen molar-refractivity contribution in [3.05, 3.63) is 23.8 Å². The Balaban J connectivity index is 3.09. The Labute approximate surface area is 154 Å². The molecular formula is C17H26N2O6S. The van der Waals surface area contributed by atoms with E-state index in [1.165, 1.54) is 46.3 Å². The minimum Gasteiger partial charge on any atom is -0.495 e. The lowest BCUT2D eigenvalue weighted by Gasteiger charge is -2.23. The number of hydrogen-bond acceptors (Lipinski definition) is 6. The Morgan fingerprint density at radius 2 is 1.77 bits per heavy atom. The minimum absolute atomic E-state index is 0.00151. The second kappa shape index (κ2) is 8.05. The van der Waals surface area contributed by atoms with Gasteiger partial charge in [-0.2, -0.15) is 0 Å². The van der Waals surface area contributed by atoms with Gasteiger partial charge in [-0.3, -0.25) is 4.79 Å². The SMILES string of the molecule is COc1ccc(C(=O)O[C@H](C)C(=O)NC(C)(C)C)cc1S(=O)(=O)N(C)C. The van der Waals surface area contributed by atoms with E-state index in [1.54, 1.807) is 20.8 Å². The predicted octanol–water partition coefficient (Wildman–Crippen LogP) is 1.41. The fourth-order valence-electron chi connectivity index (χ4n) is 1.96. The first-order valence-corrected chi connectivity index (χ1v) is 9.37. The van der Waals surface area contributed by atoms with Crippen LogP contribution in [0.3, 0.4) is 0 Å². The van der Waals surface area contributed by atoms with Gasteiger partial charge in [0, 0.05) is 19.6 Å². The van der Waals surface area contributed by atoms with E-state index >= 15 is 0 Å². The molecule has 0 spiro atoms. The Morgan fingerprint density at radius 1 is 1.19 bits per heavy atom. The first kappa shape index (κ1) is 21.9. The standard InChI is InChI=1S/C17H26N2O6S/c1-11(15(20)18-17(2,3)4)25-16(21)12-8-9-13(24-7)14(10-12)26(22,23)19(5)6/h8-11H,1-7H3,(H,18,20)/t11-/m1/s1. The Bertz CT molecular complexity index is 781. The topological polar surface area (TPSA) is 102 Å². The third-order valence-corrected chi connectivity index (χ3v) is 5.15. The quantitative estimate of drug-likeness (QED) is 0.742. The zero-order chi connectivity index (χ0) is 20.3. The highest BCUT2D eigenvalue weighted by atomic mass is 32.2. The summed E-state index contributed by atoms with van der Waals surface area (Å²) in [5.41, 5.74) is -0.466. The lowest BCUT2D eigenvalue weighted by molar-refractivity contribution is -0.130. The van der Waals surface area contributed by atoms with Gasteiger partial charge in [-0.15, -0.1) is 0 Å². The summed E-state index contributed by atoms with van der Waals surface area (Å²) in [6, 6.07) is 3.92. The predicted molar refractivity (Wildman–Crippen MR) is 96.6 cm³/mol. The number of esters is 1. The molecule has 0 aliphatic heterocycles. The summed E-state index contributed by atoms with van der Waals surface area (Å²) in [7, 11) is 0.258. The van der Waals surface area contributed by atoms with Gasteiger partial charge >= 0.3 is 5.97 Å². The van der Waals surface area contributed by atoms with Crippen molar-refractivity contribution in [2.75, 3.05) is 21.2 Å². The average Bonchev–Trinajstić information content (AvgIpc) is 2.52. The molecular weight excluding hydrogens is 360 g/mol. The van der Waals surface area contributed by atoms with Crippen LogP contribution in [-0.4, -0.2) is 57.4 Å². The van der Waals surface area contributed by atoms with Crippen LogP contribution in [0.4, 0.5) is 0 Å².